The summed E-state index contributed by atoms with van der Waals surface area (Å²) >= 11 is 0. The molecule has 1 rings (SSSR count). The van der Waals surface area contributed by atoms with Crippen molar-refractivity contribution >= 4 is 11.9 Å². The zero-order valence-corrected chi connectivity index (χ0v) is 11.2. The molecule has 19 heavy (non-hydrogen) atoms. The quantitative estimate of drug-likeness (QED) is 0.705. The predicted molar refractivity (Wildman–Crippen MR) is 72.0 cm³/mol. The van der Waals surface area contributed by atoms with E-state index in [4.69, 9.17) is 5.11 Å². The summed E-state index contributed by atoms with van der Waals surface area (Å²) in [7, 11) is 0. The molecule has 5 nitrogen and oxygen atoms in total. The molecule has 1 aromatic heterocycles. The van der Waals surface area contributed by atoms with E-state index in [1.54, 1.807) is 6.07 Å². The molecule has 0 radical (unpaired) electrons. The van der Waals surface area contributed by atoms with Gasteiger partial charge in [0.15, 0.2) is 0 Å². The van der Waals surface area contributed by atoms with Gasteiger partial charge in [-0.15, -0.1) is 0 Å². The summed E-state index contributed by atoms with van der Waals surface area (Å²) in [6.45, 7) is 2.45. The Balaban J connectivity index is 2.12. The lowest BCUT2D eigenvalue weighted by Gasteiger charge is -2.05. The molecule has 1 amide bonds. The molecule has 1 heterocycles. The zero-order valence-electron chi connectivity index (χ0n) is 11.2. The number of aryl methyl sites for hydroxylation is 1. The Bertz CT molecular complexity index is 432. The molecule has 5 heteroatoms. The normalized spacial score (nSPS) is 10.2. The van der Waals surface area contributed by atoms with Gasteiger partial charge in [0.1, 0.15) is 5.69 Å². The van der Waals surface area contributed by atoms with Crippen LogP contribution < -0.4 is 5.32 Å². The third kappa shape index (κ3) is 6.55. The van der Waals surface area contributed by atoms with E-state index >= 15 is 0 Å². The van der Waals surface area contributed by atoms with Crippen molar-refractivity contribution in [3.8, 4) is 0 Å². The highest BCUT2D eigenvalue weighted by Crippen LogP contribution is 2.03. The van der Waals surface area contributed by atoms with E-state index in [-0.39, 0.29) is 12.3 Å². The monoisotopic (exact) mass is 264 g/mol. The van der Waals surface area contributed by atoms with Gasteiger partial charge in [-0.25, -0.2) is 4.98 Å². The fourth-order valence-electron chi connectivity index (χ4n) is 1.72. The highest BCUT2D eigenvalue weighted by atomic mass is 16.4. The van der Waals surface area contributed by atoms with Gasteiger partial charge in [0.2, 0.25) is 0 Å². The molecule has 0 saturated carbocycles. The number of nitrogens with zero attached hydrogens (tertiary/aromatic N) is 1. The fraction of sp³-hybridized carbons (Fsp3) is 0.500. The standard InChI is InChI=1S/C14H20N2O3/c1-11-7-6-8-12(16-11)14(19)15-10-5-3-2-4-9-13(17)18/h6-8H,2-5,9-10H2,1H3,(H,15,19)(H,17,18). The van der Waals surface area contributed by atoms with Crippen molar-refractivity contribution < 1.29 is 14.7 Å². The second kappa shape index (κ2) is 8.24. The molecule has 0 aromatic carbocycles. The van der Waals surface area contributed by atoms with Gasteiger partial charge in [0, 0.05) is 18.7 Å². The summed E-state index contributed by atoms with van der Waals surface area (Å²) in [5, 5.41) is 11.3. The number of carbonyl (C=O) groups excluding carboxylic acids is 1. The Morgan fingerprint density at radius 3 is 2.63 bits per heavy atom. The van der Waals surface area contributed by atoms with E-state index in [2.05, 4.69) is 10.3 Å². The van der Waals surface area contributed by atoms with E-state index in [1.807, 2.05) is 19.1 Å². The number of unbranched alkanes of at least 4 members (excludes halogenated alkanes) is 3. The summed E-state index contributed by atoms with van der Waals surface area (Å²) in [5.74, 6) is -0.909. The molecule has 2 N–H and O–H groups in total. The maximum atomic E-state index is 11.7. The first kappa shape index (κ1) is 15.1. The lowest BCUT2D eigenvalue weighted by atomic mass is 10.1. The first-order valence-corrected chi connectivity index (χ1v) is 6.53. The van der Waals surface area contributed by atoms with Crippen molar-refractivity contribution in [3.05, 3.63) is 29.6 Å². The van der Waals surface area contributed by atoms with Crippen molar-refractivity contribution in [3.63, 3.8) is 0 Å². The van der Waals surface area contributed by atoms with Crippen LogP contribution in [0, 0.1) is 6.92 Å². The maximum Gasteiger partial charge on any atom is 0.303 e. The Hall–Kier alpha value is -1.91. The average Bonchev–Trinajstić information content (AvgIpc) is 2.37. The Labute approximate surface area is 113 Å². The minimum absolute atomic E-state index is 0.158. The summed E-state index contributed by atoms with van der Waals surface area (Å²) in [4.78, 5) is 26.2. The van der Waals surface area contributed by atoms with Crippen LogP contribution in [-0.4, -0.2) is 28.5 Å². The van der Waals surface area contributed by atoms with Gasteiger partial charge in [0.05, 0.1) is 0 Å². The van der Waals surface area contributed by atoms with Crippen LogP contribution in [0.15, 0.2) is 18.2 Å². The van der Waals surface area contributed by atoms with Crippen LogP contribution in [0.1, 0.15) is 48.3 Å². The topological polar surface area (TPSA) is 79.3 Å². The molecule has 0 saturated heterocycles. The number of carbonyl (C=O) groups is 2. The van der Waals surface area contributed by atoms with Crippen LogP contribution in [-0.2, 0) is 4.79 Å². The van der Waals surface area contributed by atoms with Crippen molar-refractivity contribution in [1.82, 2.24) is 10.3 Å². The van der Waals surface area contributed by atoms with Crippen LogP contribution in [0.3, 0.4) is 0 Å². The second-order valence-corrected chi connectivity index (χ2v) is 4.48. The summed E-state index contributed by atoms with van der Waals surface area (Å²) < 4.78 is 0. The molecule has 0 unspecified atom stereocenters. The molecule has 0 bridgehead atoms. The Morgan fingerprint density at radius 1 is 1.21 bits per heavy atom. The van der Waals surface area contributed by atoms with Gasteiger partial charge in [0.25, 0.3) is 5.91 Å². The molecule has 104 valence electrons. The van der Waals surface area contributed by atoms with E-state index in [1.165, 1.54) is 0 Å². The number of aliphatic carboxylic acids is 1. The first-order valence-electron chi connectivity index (χ1n) is 6.53. The van der Waals surface area contributed by atoms with Crippen molar-refractivity contribution in [2.45, 2.75) is 39.0 Å². The Morgan fingerprint density at radius 2 is 1.95 bits per heavy atom. The van der Waals surface area contributed by atoms with Crippen LogP contribution in [0.5, 0.6) is 0 Å². The number of rotatable bonds is 8. The second-order valence-electron chi connectivity index (χ2n) is 4.48. The summed E-state index contributed by atoms with van der Waals surface area (Å²) in [5.41, 5.74) is 1.26. The van der Waals surface area contributed by atoms with Crippen molar-refractivity contribution in [1.29, 1.82) is 0 Å². The molecule has 0 aliphatic rings. The SMILES string of the molecule is Cc1cccc(C(=O)NCCCCCCC(=O)O)n1. The summed E-state index contributed by atoms with van der Waals surface area (Å²) in [6, 6.07) is 5.34. The molecular formula is C14H20N2O3. The number of carboxylic acid groups (broad SMARTS) is 1. The Kier molecular flexibility index (Phi) is 6.57. The van der Waals surface area contributed by atoms with Crippen LogP contribution in [0.25, 0.3) is 0 Å². The summed E-state index contributed by atoms with van der Waals surface area (Å²) in [6.07, 6.45) is 3.58. The van der Waals surface area contributed by atoms with Gasteiger partial charge < -0.3 is 10.4 Å². The minimum Gasteiger partial charge on any atom is -0.481 e. The molecule has 0 aliphatic carbocycles. The highest BCUT2D eigenvalue weighted by Gasteiger charge is 2.05. The molecule has 0 aliphatic heterocycles. The average molecular weight is 264 g/mol. The lowest BCUT2D eigenvalue weighted by Crippen LogP contribution is -2.25. The number of nitrogens with one attached hydrogen (secondary N) is 1. The number of pyridine rings is 1. The largest absolute Gasteiger partial charge is 0.481 e. The lowest BCUT2D eigenvalue weighted by molar-refractivity contribution is -0.137. The van der Waals surface area contributed by atoms with Gasteiger partial charge in [-0.05, 0) is 31.9 Å². The minimum atomic E-state index is -0.751. The van der Waals surface area contributed by atoms with E-state index < -0.39 is 5.97 Å². The number of aromatic nitrogens is 1. The zero-order chi connectivity index (χ0) is 14.1. The fourth-order valence-corrected chi connectivity index (χ4v) is 1.72. The molecule has 0 spiro atoms. The number of amides is 1. The van der Waals surface area contributed by atoms with E-state index in [0.717, 1.165) is 25.0 Å². The molecular weight excluding hydrogens is 244 g/mol. The smallest absolute Gasteiger partial charge is 0.303 e. The predicted octanol–water partition coefficient (Wildman–Crippen LogP) is 2.15. The number of hydrogen-bond donors (Lipinski definition) is 2. The van der Waals surface area contributed by atoms with E-state index in [9.17, 15) is 9.59 Å². The van der Waals surface area contributed by atoms with Crippen molar-refractivity contribution in [2.24, 2.45) is 0 Å². The molecule has 0 fully saturated rings. The van der Waals surface area contributed by atoms with Gasteiger partial charge >= 0.3 is 5.97 Å². The maximum absolute atomic E-state index is 11.7. The highest BCUT2D eigenvalue weighted by molar-refractivity contribution is 5.92. The number of hydrogen-bond acceptors (Lipinski definition) is 3. The third-order valence-electron chi connectivity index (χ3n) is 2.72. The van der Waals surface area contributed by atoms with Gasteiger partial charge in [-0.1, -0.05) is 18.9 Å². The van der Waals surface area contributed by atoms with Crippen LogP contribution in [0.2, 0.25) is 0 Å². The van der Waals surface area contributed by atoms with Crippen LogP contribution in [0.4, 0.5) is 0 Å². The number of carboxylic acids is 1. The van der Waals surface area contributed by atoms with Crippen molar-refractivity contribution in [2.75, 3.05) is 6.54 Å². The molecule has 0 atom stereocenters. The van der Waals surface area contributed by atoms with E-state index in [0.29, 0.717) is 18.7 Å². The van der Waals surface area contributed by atoms with Gasteiger partial charge in [-0.3, -0.25) is 9.59 Å². The first-order chi connectivity index (χ1) is 9.09. The van der Waals surface area contributed by atoms with Gasteiger partial charge in [-0.2, -0.15) is 0 Å². The molecule has 1 aromatic rings. The van der Waals surface area contributed by atoms with Crippen LogP contribution >= 0.6 is 0 Å². The third-order valence-corrected chi connectivity index (χ3v) is 2.72.